The first-order valence-electron chi connectivity index (χ1n) is 8.13. The van der Waals surface area contributed by atoms with Crippen LogP contribution in [0.15, 0.2) is 18.3 Å². The number of carbonyl (C=O) groups excluding carboxylic acids is 1. The highest BCUT2D eigenvalue weighted by Crippen LogP contribution is 2.17. The molecule has 0 aromatic carbocycles. The molecular weight excluding hydrogens is 346 g/mol. The molecule has 1 aliphatic heterocycles. The van der Waals surface area contributed by atoms with Crippen LogP contribution in [0.3, 0.4) is 0 Å². The van der Waals surface area contributed by atoms with Gasteiger partial charge >= 0.3 is 0 Å². The number of sulfonamides is 1. The summed E-state index contributed by atoms with van der Waals surface area (Å²) in [7, 11) is -1.83. The molecule has 25 heavy (non-hydrogen) atoms. The fourth-order valence-corrected chi connectivity index (χ4v) is 2.82. The van der Waals surface area contributed by atoms with E-state index in [-0.39, 0.29) is 31.0 Å². The molecule has 1 aromatic heterocycles. The summed E-state index contributed by atoms with van der Waals surface area (Å²) in [6, 6.07) is 3.50. The maximum absolute atomic E-state index is 12.1. The molecular formula is C16H25N3O5S. The largest absolute Gasteiger partial charge is 0.484 e. The quantitative estimate of drug-likeness (QED) is 0.741. The highest BCUT2D eigenvalue weighted by Gasteiger charge is 2.29. The Labute approximate surface area is 148 Å². The molecule has 1 aliphatic rings. The Morgan fingerprint density at radius 2 is 2.24 bits per heavy atom. The van der Waals surface area contributed by atoms with Crippen molar-refractivity contribution in [1.82, 2.24) is 14.6 Å². The van der Waals surface area contributed by atoms with Gasteiger partial charge < -0.3 is 14.8 Å². The molecule has 2 heterocycles. The Morgan fingerprint density at radius 3 is 2.88 bits per heavy atom. The summed E-state index contributed by atoms with van der Waals surface area (Å²) in [4.78, 5) is 16.3. The zero-order valence-corrected chi connectivity index (χ0v) is 15.6. The number of rotatable bonds is 7. The first-order chi connectivity index (χ1) is 11.8. The summed E-state index contributed by atoms with van der Waals surface area (Å²) in [6.45, 7) is 2.95. The van der Waals surface area contributed by atoms with E-state index in [0.29, 0.717) is 25.4 Å². The van der Waals surface area contributed by atoms with Crippen molar-refractivity contribution in [2.24, 2.45) is 0 Å². The van der Waals surface area contributed by atoms with Crippen LogP contribution >= 0.6 is 0 Å². The van der Waals surface area contributed by atoms with Crippen LogP contribution in [0.5, 0.6) is 5.75 Å². The van der Waals surface area contributed by atoms with E-state index in [9.17, 15) is 13.2 Å². The number of pyridine rings is 1. The fourth-order valence-electron chi connectivity index (χ4n) is 2.40. The van der Waals surface area contributed by atoms with Crippen molar-refractivity contribution in [3.63, 3.8) is 0 Å². The minimum absolute atomic E-state index is 0.0970. The van der Waals surface area contributed by atoms with E-state index in [2.05, 4.69) is 10.3 Å². The minimum Gasteiger partial charge on any atom is -0.484 e. The number of aromatic nitrogens is 1. The molecule has 1 amide bonds. The lowest BCUT2D eigenvalue weighted by atomic mass is 10.1. The van der Waals surface area contributed by atoms with Crippen LogP contribution < -0.4 is 10.1 Å². The smallest absolute Gasteiger partial charge is 0.221 e. The number of amides is 1. The van der Waals surface area contributed by atoms with Gasteiger partial charge in [0.2, 0.25) is 15.9 Å². The Hall–Kier alpha value is -1.71. The molecule has 1 fully saturated rings. The maximum atomic E-state index is 12.1. The molecule has 1 saturated heterocycles. The molecule has 9 heteroatoms. The zero-order chi connectivity index (χ0) is 18.4. The van der Waals surface area contributed by atoms with Crippen molar-refractivity contribution in [1.29, 1.82) is 0 Å². The normalized spacial score (nSPS) is 21.1. The van der Waals surface area contributed by atoms with E-state index in [0.717, 1.165) is 16.3 Å². The summed E-state index contributed by atoms with van der Waals surface area (Å²) < 4.78 is 35.2. The van der Waals surface area contributed by atoms with Crippen molar-refractivity contribution >= 4 is 15.9 Å². The first-order valence-corrected chi connectivity index (χ1v) is 9.98. The van der Waals surface area contributed by atoms with Gasteiger partial charge in [-0.15, -0.1) is 0 Å². The van der Waals surface area contributed by atoms with Gasteiger partial charge in [-0.3, -0.25) is 9.78 Å². The summed E-state index contributed by atoms with van der Waals surface area (Å²) in [5.41, 5.74) is 0.895. The van der Waals surface area contributed by atoms with Gasteiger partial charge in [-0.1, -0.05) is 0 Å². The number of ether oxygens (including phenoxy) is 2. The first kappa shape index (κ1) is 19.6. The van der Waals surface area contributed by atoms with Crippen LogP contribution in [0.25, 0.3) is 0 Å². The van der Waals surface area contributed by atoms with Crippen molar-refractivity contribution in [3.05, 3.63) is 24.0 Å². The summed E-state index contributed by atoms with van der Waals surface area (Å²) >= 11 is 0. The fraction of sp³-hybridized carbons (Fsp3) is 0.625. The topological polar surface area (TPSA) is 97.8 Å². The second-order valence-corrected chi connectivity index (χ2v) is 8.25. The number of carbonyl (C=O) groups is 1. The maximum Gasteiger partial charge on any atom is 0.221 e. The van der Waals surface area contributed by atoms with E-state index in [4.69, 9.17) is 9.47 Å². The van der Waals surface area contributed by atoms with Gasteiger partial charge in [0, 0.05) is 32.3 Å². The Morgan fingerprint density at radius 1 is 1.48 bits per heavy atom. The molecule has 0 unspecified atom stereocenters. The lowest BCUT2D eigenvalue weighted by molar-refractivity contribution is -0.124. The standard InChI is InChI=1S/C16H25N3O5S/c1-12-4-5-13(10-17-12)24-15-11-23-9-7-14(15)18-16(20)6-8-19(2)25(3,21)22/h4-5,10,14-15H,6-9,11H2,1-3H3,(H,18,20)/t14-,15+/m0/s1. The van der Waals surface area contributed by atoms with Crippen molar-refractivity contribution < 1.29 is 22.7 Å². The lowest BCUT2D eigenvalue weighted by Gasteiger charge is -2.32. The Bertz CT molecular complexity index is 678. The lowest BCUT2D eigenvalue weighted by Crippen LogP contribution is -2.51. The van der Waals surface area contributed by atoms with Crippen LogP contribution in [0.1, 0.15) is 18.5 Å². The van der Waals surface area contributed by atoms with Crippen molar-refractivity contribution in [2.45, 2.75) is 31.9 Å². The van der Waals surface area contributed by atoms with Gasteiger partial charge in [-0.2, -0.15) is 0 Å². The number of nitrogens with zero attached hydrogens (tertiary/aromatic N) is 2. The van der Waals surface area contributed by atoms with Gasteiger partial charge in [0.1, 0.15) is 11.9 Å². The Balaban J connectivity index is 1.89. The zero-order valence-electron chi connectivity index (χ0n) is 14.8. The second-order valence-electron chi connectivity index (χ2n) is 6.16. The van der Waals surface area contributed by atoms with Crippen LogP contribution in [-0.2, 0) is 19.6 Å². The van der Waals surface area contributed by atoms with E-state index >= 15 is 0 Å². The van der Waals surface area contributed by atoms with Crippen LogP contribution in [0, 0.1) is 6.92 Å². The SMILES string of the molecule is Cc1ccc(O[C@@H]2COCC[C@@H]2NC(=O)CCN(C)S(C)(=O)=O)cn1. The van der Waals surface area contributed by atoms with Gasteiger partial charge in [0.25, 0.3) is 0 Å². The predicted octanol–water partition coefficient (Wildman–Crippen LogP) is 0.324. The molecule has 1 aromatic rings. The van der Waals surface area contributed by atoms with Crippen molar-refractivity contribution in [3.8, 4) is 5.75 Å². The van der Waals surface area contributed by atoms with Crippen molar-refractivity contribution in [2.75, 3.05) is 33.1 Å². The number of aryl methyl sites for hydroxylation is 1. The van der Waals surface area contributed by atoms with Gasteiger partial charge in [0.15, 0.2) is 0 Å². The molecule has 0 aliphatic carbocycles. The van der Waals surface area contributed by atoms with Crippen LogP contribution in [0.4, 0.5) is 0 Å². The molecule has 1 N–H and O–H groups in total. The highest BCUT2D eigenvalue weighted by atomic mass is 32.2. The third-order valence-corrected chi connectivity index (χ3v) is 5.36. The van der Waals surface area contributed by atoms with E-state index in [1.54, 1.807) is 6.20 Å². The van der Waals surface area contributed by atoms with Crippen LogP contribution in [-0.4, -0.2) is 68.8 Å². The van der Waals surface area contributed by atoms with Crippen LogP contribution in [0.2, 0.25) is 0 Å². The molecule has 0 saturated carbocycles. The third-order valence-electron chi connectivity index (χ3n) is 4.04. The predicted molar refractivity (Wildman–Crippen MR) is 92.8 cm³/mol. The average Bonchev–Trinajstić information content (AvgIpc) is 2.55. The monoisotopic (exact) mass is 371 g/mol. The highest BCUT2D eigenvalue weighted by molar-refractivity contribution is 7.88. The molecule has 8 nitrogen and oxygen atoms in total. The molecule has 0 spiro atoms. The van der Waals surface area contributed by atoms with E-state index in [1.165, 1.54) is 7.05 Å². The molecule has 2 rings (SSSR count). The van der Waals surface area contributed by atoms with E-state index in [1.807, 2.05) is 19.1 Å². The summed E-state index contributed by atoms with van der Waals surface area (Å²) in [5.74, 6) is 0.412. The summed E-state index contributed by atoms with van der Waals surface area (Å²) in [6.07, 6.45) is 3.18. The Kier molecular flexibility index (Phi) is 6.74. The number of hydrogen-bond acceptors (Lipinski definition) is 6. The minimum atomic E-state index is -3.28. The van der Waals surface area contributed by atoms with Gasteiger partial charge in [-0.05, 0) is 25.5 Å². The van der Waals surface area contributed by atoms with E-state index < -0.39 is 10.0 Å². The van der Waals surface area contributed by atoms with Gasteiger partial charge in [0.05, 0.1) is 25.1 Å². The number of nitrogens with one attached hydrogen (secondary N) is 1. The number of hydrogen-bond donors (Lipinski definition) is 1. The molecule has 140 valence electrons. The second kappa shape index (κ2) is 8.59. The average molecular weight is 371 g/mol. The summed E-state index contributed by atoms with van der Waals surface area (Å²) in [5, 5.41) is 2.92. The molecule has 2 atom stereocenters. The molecule has 0 radical (unpaired) electrons. The molecule has 0 bridgehead atoms. The van der Waals surface area contributed by atoms with Gasteiger partial charge in [-0.25, -0.2) is 12.7 Å². The third kappa shape index (κ3) is 6.26.